The van der Waals surface area contributed by atoms with E-state index in [1.807, 2.05) is 13.8 Å². The Hall–Kier alpha value is -1.65. The van der Waals surface area contributed by atoms with E-state index in [0.717, 1.165) is 0 Å². The van der Waals surface area contributed by atoms with E-state index in [0.29, 0.717) is 11.3 Å². The van der Waals surface area contributed by atoms with Gasteiger partial charge in [0.25, 0.3) is 5.56 Å². The SMILES string of the molecule is Cc1c(C(C)C)nc(C(=O)O)[nH]c1=O. The summed E-state index contributed by atoms with van der Waals surface area (Å²) in [7, 11) is 0. The molecule has 0 spiro atoms. The summed E-state index contributed by atoms with van der Waals surface area (Å²) in [5.74, 6) is -1.48. The number of aromatic carboxylic acids is 1. The molecule has 5 nitrogen and oxygen atoms in total. The van der Waals surface area contributed by atoms with Crippen LogP contribution in [0.25, 0.3) is 0 Å². The fourth-order valence-electron chi connectivity index (χ4n) is 1.21. The maximum Gasteiger partial charge on any atom is 0.372 e. The van der Waals surface area contributed by atoms with E-state index < -0.39 is 5.97 Å². The van der Waals surface area contributed by atoms with Crippen LogP contribution in [0.15, 0.2) is 4.79 Å². The van der Waals surface area contributed by atoms with Gasteiger partial charge in [-0.1, -0.05) is 13.8 Å². The molecule has 0 atom stereocenters. The molecule has 1 aromatic heterocycles. The van der Waals surface area contributed by atoms with E-state index in [-0.39, 0.29) is 17.3 Å². The van der Waals surface area contributed by atoms with E-state index in [1.54, 1.807) is 6.92 Å². The Morgan fingerprint density at radius 3 is 2.50 bits per heavy atom. The summed E-state index contributed by atoms with van der Waals surface area (Å²) in [6.45, 7) is 5.35. The number of H-pyrrole nitrogens is 1. The van der Waals surface area contributed by atoms with Gasteiger partial charge in [0.1, 0.15) is 0 Å². The molecule has 5 heteroatoms. The van der Waals surface area contributed by atoms with Gasteiger partial charge in [-0.2, -0.15) is 0 Å². The first-order valence-electron chi connectivity index (χ1n) is 4.27. The van der Waals surface area contributed by atoms with E-state index in [4.69, 9.17) is 5.11 Å². The fraction of sp³-hybridized carbons (Fsp3) is 0.444. The molecule has 0 aliphatic rings. The van der Waals surface area contributed by atoms with Gasteiger partial charge in [0.05, 0.1) is 5.69 Å². The smallest absolute Gasteiger partial charge is 0.372 e. The molecular weight excluding hydrogens is 184 g/mol. The van der Waals surface area contributed by atoms with Crippen LogP contribution >= 0.6 is 0 Å². The summed E-state index contributed by atoms with van der Waals surface area (Å²) in [4.78, 5) is 28.0. The van der Waals surface area contributed by atoms with Crippen LogP contribution in [0.4, 0.5) is 0 Å². The zero-order chi connectivity index (χ0) is 10.9. The lowest BCUT2D eigenvalue weighted by molar-refractivity contribution is 0.0682. The summed E-state index contributed by atoms with van der Waals surface area (Å²) in [5, 5.41) is 8.67. The Bertz CT molecular complexity index is 421. The van der Waals surface area contributed by atoms with Gasteiger partial charge in [-0.15, -0.1) is 0 Å². The highest BCUT2D eigenvalue weighted by Crippen LogP contribution is 2.12. The van der Waals surface area contributed by atoms with Crippen LogP contribution in [0.1, 0.15) is 41.6 Å². The van der Waals surface area contributed by atoms with Crippen LogP contribution in [0.2, 0.25) is 0 Å². The van der Waals surface area contributed by atoms with Gasteiger partial charge in [0, 0.05) is 5.56 Å². The van der Waals surface area contributed by atoms with Crippen LogP contribution in [0, 0.1) is 6.92 Å². The first-order chi connectivity index (χ1) is 6.43. The molecule has 0 saturated heterocycles. The maximum absolute atomic E-state index is 11.3. The van der Waals surface area contributed by atoms with Gasteiger partial charge in [-0.25, -0.2) is 9.78 Å². The first kappa shape index (κ1) is 10.4. The molecule has 0 radical (unpaired) electrons. The molecule has 1 aromatic rings. The third kappa shape index (κ3) is 1.81. The Balaban J connectivity index is 3.43. The average molecular weight is 196 g/mol. The van der Waals surface area contributed by atoms with Gasteiger partial charge in [0.15, 0.2) is 0 Å². The Morgan fingerprint density at radius 1 is 1.50 bits per heavy atom. The normalized spacial score (nSPS) is 10.6. The summed E-state index contributed by atoms with van der Waals surface area (Å²) in [5.41, 5.74) is 0.622. The van der Waals surface area contributed by atoms with Crippen LogP contribution < -0.4 is 5.56 Å². The van der Waals surface area contributed by atoms with Gasteiger partial charge in [-0.05, 0) is 12.8 Å². The highest BCUT2D eigenvalue weighted by Gasteiger charge is 2.14. The van der Waals surface area contributed by atoms with Crippen molar-refractivity contribution in [2.24, 2.45) is 0 Å². The number of nitrogens with one attached hydrogen (secondary N) is 1. The number of aromatic amines is 1. The summed E-state index contributed by atoms with van der Waals surface area (Å²) >= 11 is 0. The Kier molecular flexibility index (Phi) is 2.69. The van der Waals surface area contributed by atoms with Gasteiger partial charge in [0.2, 0.25) is 5.82 Å². The number of carboxylic acid groups (broad SMARTS) is 1. The number of rotatable bonds is 2. The molecule has 1 rings (SSSR count). The first-order valence-corrected chi connectivity index (χ1v) is 4.27. The molecular formula is C9H12N2O3. The molecule has 0 aliphatic carbocycles. The zero-order valence-electron chi connectivity index (χ0n) is 8.29. The zero-order valence-corrected chi connectivity index (χ0v) is 8.29. The van der Waals surface area contributed by atoms with Crippen molar-refractivity contribution in [3.05, 3.63) is 27.4 Å². The number of carboxylic acids is 1. The molecule has 76 valence electrons. The number of aromatic nitrogens is 2. The minimum atomic E-state index is -1.22. The lowest BCUT2D eigenvalue weighted by atomic mass is 10.1. The number of nitrogens with zero attached hydrogens (tertiary/aromatic N) is 1. The monoisotopic (exact) mass is 196 g/mol. The van der Waals surface area contributed by atoms with Crippen LogP contribution in [-0.4, -0.2) is 21.0 Å². The van der Waals surface area contributed by atoms with Crippen molar-refractivity contribution in [2.75, 3.05) is 0 Å². The molecule has 0 aliphatic heterocycles. The Labute approximate surface area is 80.8 Å². The molecule has 0 fully saturated rings. The van der Waals surface area contributed by atoms with Crippen molar-refractivity contribution in [1.82, 2.24) is 9.97 Å². The summed E-state index contributed by atoms with van der Waals surface area (Å²) in [6.07, 6.45) is 0. The number of hydrogen-bond acceptors (Lipinski definition) is 3. The number of carbonyl (C=O) groups is 1. The molecule has 0 aromatic carbocycles. The molecule has 0 amide bonds. The lowest BCUT2D eigenvalue weighted by Crippen LogP contribution is -2.21. The molecule has 0 bridgehead atoms. The molecule has 0 saturated carbocycles. The van der Waals surface area contributed by atoms with Crippen molar-refractivity contribution in [3.63, 3.8) is 0 Å². The average Bonchev–Trinajstić information content (AvgIpc) is 2.08. The Morgan fingerprint density at radius 2 is 2.07 bits per heavy atom. The second-order valence-corrected chi connectivity index (χ2v) is 3.38. The maximum atomic E-state index is 11.3. The fourth-order valence-corrected chi connectivity index (χ4v) is 1.21. The summed E-state index contributed by atoms with van der Waals surface area (Å²) in [6, 6.07) is 0. The number of hydrogen-bond donors (Lipinski definition) is 2. The third-order valence-electron chi connectivity index (χ3n) is 1.94. The van der Waals surface area contributed by atoms with E-state index >= 15 is 0 Å². The van der Waals surface area contributed by atoms with E-state index in [1.165, 1.54) is 0 Å². The van der Waals surface area contributed by atoms with E-state index in [9.17, 15) is 9.59 Å². The highest BCUT2D eigenvalue weighted by atomic mass is 16.4. The third-order valence-corrected chi connectivity index (χ3v) is 1.94. The molecule has 14 heavy (non-hydrogen) atoms. The topological polar surface area (TPSA) is 83.0 Å². The second-order valence-electron chi connectivity index (χ2n) is 3.38. The van der Waals surface area contributed by atoms with Gasteiger partial charge >= 0.3 is 5.97 Å². The molecule has 2 N–H and O–H groups in total. The van der Waals surface area contributed by atoms with Crippen molar-refractivity contribution >= 4 is 5.97 Å². The van der Waals surface area contributed by atoms with Gasteiger partial charge in [-0.3, -0.25) is 4.79 Å². The largest absolute Gasteiger partial charge is 0.475 e. The standard InChI is InChI=1S/C9H12N2O3/c1-4(2)6-5(3)8(12)11-7(10-6)9(13)14/h4H,1-3H3,(H,13,14)(H,10,11,12). The lowest BCUT2D eigenvalue weighted by Gasteiger charge is -2.07. The van der Waals surface area contributed by atoms with Crippen molar-refractivity contribution in [2.45, 2.75) is 26.7 Å². The minimum Gasteiger partial charge on any atom is -0.475 e. The van der Waals surface area contributed by atoms with Crippen molar-refractivity contribution in [3.8, 4) is 0 Å². The van der Waals surface area contributed by atoms with Crippen LogP contribution in [-0.2, 0) is 0 Å². The predicted molar refractivity (Wildman–Crippen MR) is 50.6 cm³/mol. The van der Waals surface area contributed by atoms with Crippen molar-refractivity contribution < 1.29 is 9.90 Å². The highest BCUT2D eigenvalue weighted by molar-refractivity contribution is 5.83. The second kappa shape index (κ2) is 3.61. The van der Waals surface area contributed by atoms with Crippen LogP contribution in [0.5, 0.6) is 0 Å². The quantitative estimate of drug-likeness (QED) is 0.736. The van der Waals surface area contributed by atoms with E-state index in [2.05, 4.69) is 9.97 Å². The molecule has 1 heterocycles. The summed E-state index contributed by atoms with van der Waals surface area (Å²) < 4.78 is 0. The predicted octanol–water partition coefficient (Wildman–Crippen LogP) is 0.900. The molecule has 0 unspecified atom stereocenters. The van der Waals surface area contributed by atoms with Gasteiger partial charge < -0.3 is 10.1 Å². The minimum absolute atomic E-state index is 0.0374. The van der Waals surface area contributed by atoms with Crippen LogP contribution in [0.3, 0.4) is 0 Å². The van der Waals surface area contributed by atoms with Crippen molar-refractivity contribution in [1.29, 1.82) is 0 Å².